The highest BCUT2D eigenvalue weighted by Crippen LogP contribution is 2.17. The third-order valence-electron chi connectivity index (χ3n) is 3.77. The summed E-state index contributed by atoms with van der Waals surface area (Å²) in [6.07, 6.45) is 4.03. The van der Waals surface area contributed by atoms with Gasteiger partial charge in [-0.25, -0.2) is 4.79 Å². The highest BCUT2D eigenvalue weighted by Gasteiger charge is 2.02. The van der Waals surface area contributed by atoms with Gasteiger partial charge in [0, 0.05) is 23.3 Å². The highest BCUT2D eigenvalue weighted by molar-refractivity contribution is 6.30. The second kappa shape index (κ2) is 11.3. The summed E-state index contributed by atoms with van der Waals surface area (Å²) in [6, 6.07) is 14.4. The predicted molar refractivity (Wildman–Crippen MR) is 105 cm³/mol. The van der Waals surface area contributed by atoms with Crippen LogP contribution in [-0.4, -0.2) is 26.3 Å². The number of rotatable bonds is 10. The zero-order valence-electron chi connectivity index (χ0n) is 15.0. The lowest BCUT2D eigenvalue weighted by atomic mass is 10.2. The summed E-state index contributed by atoms with van der Waals surface area (Å²) >= 11 is 5.83. The average Bonchev–Trinajstić information content (AvgIpc) is 2.65. The van der Waals surface area contributed by atoms with Gasteiger partial charge in [-0.05, 0) is 49.2 Å². The normalized spacial score (nSPS) is 10.2. The number of anilines is 1. The van der Waals surface area contributed by atoms with Gasteiger partial charge in [-0.15, -0.1) is 0 Å². The molecule has 2 aromatic carbocycles. The fraction of sp³-hybridized carbons (Fsp3) is 0.350. The minimum atomic E-state index is -0.204. The molecule has 0 spiro atoms. The fourth-order valence-corrected chi connectivity index (χ4v) is 2.51. The van der Waals surface area contributed by atoms with Gasteiger partial charge in [0.2, 0.25) is 0 Å². The second-order valence-corrected chi connectivity index (χ2v) is 6.27. The molecule has 0 atom stereocenters. The average molecular weight is 377 g/mol. The van der Waals surface area contributed by atoms with Crippen molar-refractivity contribution in [3.8, 4) is 11.5 Å². The minimum absolute atomic E-state index is 0.204. The Morgan fingerprint density at radius 3 is 2.54 bits per heavy atom. The van der Waals surface area contributed by atoms with Gasteiger partial charge >= 0.3 is 6.03 Å². The molecule has 0 heterocycles. The molecule has 0 bridgehead atoms. The molecule has 0 saturated carbocycles. The van der Waals surface area contributed by atoms with E-state index in [1.54, 1.807) is 13.2 Å². The monoisotopic (exact) mass is 376 g/mol. The Hall–Kier alpha value is -2.40. The lowest BCUT2D eigenvalue weighted by Crippen LogP contribution is -2.29. The number of halogens is 1. The van der Waals surface area contributed by atoms with E-state index in [9.17, 15) is 4.79 Å². The van der Waals surface area contributed by atoms with Crippen LogP contribution in [0.2, 0.25) is 5.02 Å². The van der Waals surface area contributed by atoms with Crippen molar-refractivity contribution >= 4 is 23.3 Å². The molecular weight excluding hydrogens is 352 g/mol. The molecule has 0 aromatic heterocycles. The maximum absolute atomic E-state index is 11.8. The second-order valence-electron chi connectivity index (χ2n) is 5.83. The van der Waals surface area contributed by atoms with E-state index in [1.807, 2.05) is 42.5 Å². The molecule has 2 rings (SSSR count). The van der Waals surface area contributed by atoms with Gasteiger partial charge in [0.05, 0.1) is 13.7 Å². The van der Waals surface area contributed by atoms with E-state index < -0.39 is 0 Å². The molecule has 5 nitrogen and oxygen atoms in total. The van der Waals surface area contributed by atoms with Gasteiger partial charge in [-0.3, -0.25) is 0 Å². The Morgan fingerprint density at radius 1 is 1.00 bits per heavy atom. The first-order valence-electron chi connectivity index (χ1n) is 8.74. The predicted octanol–water partition coefficient (Wildman–Crippen LogP) is 5.11. The molecule has 2 amide bonds. The Bertz CT molecular complexity index is 677. The number of ether oxygens (including phenoxy) is 2. The fourth-order valence-electron chi connectivity index (χ4n) is 2.38. The van der Waals surface area contributed by atoms with E-state index in [0.29, 0.717) is 29.6 Å². The summed E-state index contributed by atoms with van der Waals surface area (Å²) in [7, 11) is 1.60. The van der Waals surface area contributed by atoms with Gasteiger partial charge in [0.15, 0.2) is 0 Å². The van der Waals surface area contributed by atoms with Crippen LogP contribution in [0.15, 0.2) is 48.5 Å². The zero-order chi connectivity index (χ0) is 18.6. The molecule has 26 heavy (non-hydrogen) atoms. The van der Waals surface area contributed by atoms with E-state index >= 15 is 0 Å². The van der Waals surface area contributed by atoms with Crippen molar-refractivity contribution < 1.29 is 14.3 Å². The topological polar surface area (TPSA) is 59.6 Å². The molecule has 0 aliphatic heterocycles. The van der Waals surface area contributed by atoms with Crippen LogP contribution in [0.3, 0.4) is 0 Å². The minimum Gasteiger partial charge on any atom is -0.497 e. The number of carbonyl (C=O) groups is 1. The highest BCUT2D eigenvalue weighted by atomic mass is 35.5. The van der Waals surface area contributed by atoms with Crippen LogP contribution >= 0.6 is 11.6 Å². The van der Waals surface area contributed by atoms with Crippen molar-refractivity contribution in [3.05, 3.63) is 53.6 Å². The Balaban J connectivity index is 1.49. The quantitative estimate of drug-likeness (QED) is 0.566. The molecule has 0 aliphatic rings. The zero-order valence-corrected chi connectivity index (χ0v) is 15.7. The molecule has 0 unspecified atom stereocenters. The van der Waals surface area contributed by atoms with Crippen LogP contribution in [0.1, 0.15) is 25.7 Å². The van der Waals surface area contributed by atoms with Crippen LogP contribution < -0.4 is 20.1 Å². The lowest BCUT2D eigenvalue weighted by Gasteiger charge is -2.09. The summed E-state index contributed by atoms with van der Waals surface area (Å²) in [5.41, 5.74) is 0.709. The Kier molecular flexibility index (Phi) is 8.63. The summed E-state index contributed by atoms with van der Waals surface area (Å²) in [5, 5.41) is 6.36. The molecular formula is C20H25ClN2O3. The van der Waals surface area contributed by atoms with Crippen molar-refractivity contribution in [2.75, 3.05) is 25.6 Å². The molecule has 2 N–H and O–H groups in total. The smallest absolute Gasteiger partial charge is 0.319 e. The first-order valence-corrected chi connectivity index (χ1v) is 9.12. The number of hydrogen-bond acceptors (Lipinski definition) is 3. The van der Waals surface area contributed by atoms with Gasteiger partial charge in [-0.1, -0.05) is 30.5 Å². The van der Waals surface area contributed by atoms with Crippen LogP contribution in [0, 0.1) is 0 Å². The van der Waals surface area contributed by atoms with Crippen LogP contribution in [-0.2, 0) is 0 Å². The number of urea groups is 1. The number of unbranched alkanes of at least 4 members (excludes halogenated alkanes) is 3. The van der Waals surface area contributed by atoms with Crippen LogP contribution in [0.5, 0.6) is 11.5 Å². The van der Waals surface area contributed by atoms with Crippen molar-refractivity contribution in [2.45, 2.75) is 25.7 Å². The SMILES string of the molecule is COc1cccc(NC(=O)NCCCCCCOc2ccc(Cl)cc2)c1. The Morgan fingerprint density at radius 2 is 1.77 bits per heavy atom. The van der Waals surface area contributed by atoms with Gasteiger partial charge in [0.1, 0.15) is 11.5 Å². The Labute approximate surface area is 159 Å². The first kappa shape index (κ1) is 19.9. The van der Waals surface area contributed by atoms with E-state index in [0.717, 1.165) is 31.4 Å². The van der Waals surface area contributed by atoms with Crippen molar-refractivity contribution in [1.29, 1.82) is 0 Å². The van der Waals surface area contributed by atoms with Crippen molar-refractivity contribution in [2.24, 2.45) is 0 Å². The maximum Gasteiger partial charge on any atom is 0.319 e. The van der Waals surface area contributed by atoms with E-state index in [1.165, 1.54) is 0 Å². The van der Waals surface area contributed by atoms with Crippen molar-refractivity contribution in [3.63, 3.8) is 0 Å². The number of nitrogens with one attached hydrogen (secondary N) is 2. The third-order valence-corrected chi connectivity index (χ3v) is 4.02. The maximum atomic E-state index is 11.8. The van der Waals surface area contributed by atoms with Gasteiger partial charge in [-0.2, -0.15) is 0 Å². The molecule has 0 saturated heterocycles. The van der Waals surface area contributed by atoms with E-state index in [4.69, 9.17) is 21.1 Å². The molecule has 0 fully saturated rings. The number of carbonyl (C=O) groups excluding carboxylic acids is 1. The largest absolute Gasteiger partial charge is 0.497 e. The number of amides is 2. The van der Waals surface area contributed by atoms with Crippen LogP contribution in [0.25, 0.3) is 0 Å². The number of hydrogen-bond donors (Lipinski definition) is 2. The van der Waals surface area contributed by atoms with Crippen LogP contribution in [0.4, 0.5) is 10.5 Å². The third kappa shape index (κ3) is 7.66. The molecule has 0 radical (unpaired) electrons. The molecule has 140 valence electrons. The summed E-state index contributed by atoms with van der Waals surface area (Å²) in [6.45, 7) is 1.33. The lowest BCUT2D eigenvalue weighted by molar-refractivity contribution is 0.251. The van der Waals surface area contributed by atoms with Crippen molar-refractivity contribution in [1.82, 2.24) is 5.32 Å². The summed E-state index contributed by atoms with van der Waals surface area (Å²) in [5.74, 6) is 1.55. The molecule has 2 aromatic rings. The standard InChI is InChI=1S/C20H25ClN2O3/c1-25-19-8-6-7-17(15-19)23-20(24)22-13-4-2-3-5-14-26-18-11-9-16(21)10-12-18/h6-12,15H,2-5,13-14H2,1H3,(H2,22,23,24). The summed E-state index contributed by atoms with van der Waals surface area (Å²) < 4.78 is 10.8. The first-order chi connectivity index (χ1) is 12.7. The molecule has 0 aliphatic carbocycles. The van der Waals surface area contributed by atoms with Gasteiger partial charge in [0.25, 0.3) is 0 Å². The van der Waals surface area contributed by atoms with Gasteiger partial charge < -0.3 is 20.1 Å². The summed E-state index contributed by atoms with van der Waals surface area (Å²) in [4.78, 5) is 11.8. The molecule has 6 heteroatoms. The number of methoxy groups -OCH3 is 1. The van der Waals surface area contributed by atoms with E-state index in [2.05, 4.69) is 10.6 Å². The van der Waals surface area contributed by atoms with E-state index in [-0.39, 0.29) is 6.03 Å². The number of benzene rings is 2.